The van der Waals surface area contributed by atoms with Gasteiger partial charge in [-0.05, 0) is 24.6 Å². The Balaban J connectivity index is 1.87. The molecular weight excluding hydrogens is 328 g/mol. The molecule has 1 N–H and O–H groups in total. The van der Waals surface area contributed by atoms with E-state index in [9.17, 15) is 9.59 Å². The van der Waals surface area contributed by atoms with Crippen molar-refractivity contribution in [2.75, 3.05) is 18.2 Å². The van der Waals surface area contributed by atoms with Gasteiger partial charge in [0.05, 0.1) is 17.7 Å². The van der Waals surface area contributed by atoms with E-state index in [1.807, 2.05) is 31.2 Å². The average molecular weight is 343 g/mol. The maximum absolute atomic E-state index is 11.9. The molecule has 0 saturated carbocycles. The van der Waals surface area contributed by atoms with Crippen molar-refractivity contribution in [2.45, 2.75) is 13.0 Å². The fourth-order valence-electron chi connectivity index (χ4n) is 1.84. The van der Waals surface area contributed by atoms with E-state index in [2.05, 4.69) is 21.2 Å². The van der Waals surface area contributed by atoms with Crippen LogP contribution in [-0.2, 0) is 9.59 Å². The first kappa shape index (κ1) is 14.4. The van der Waals surface area contributed by atoms with E-state index in [0.29, 0.717) is 11.6 Å². The molecule has 1 aromatic carbocycles. The van der Waals surface area contributed by atoms with Gasteiger partial charge in [-0.25, -0.2) is 0 Å². The third kappa shape index (κ3) is 3.98. The number of carbonyl (C=O) groups excluding carboxylic acids is 2. The summed E-state index contributed by atoms with van der Waals surface area (Å²) in [6.45, 7) is 2.08. The second-order valence-electron chi connectivity index (χ2n) is 4.41. The van der Waals surface area contributed by atoms with Gasteiger partial charge in [-0.1, -0.05) is 28.1 Å². The fraction of sp³-hybridized carbons (Fsp3) is 0.385. The third-order valence-electron chi connectivity index (χ3n) is 2.91. The lowest BCUT2D eigenvalue weighted by atomic mass is 10.1. The summed E-state index contributed by atoms with van der Waals surface area (Å²) in [5.41, 5.74) is 1.04. The first-order valence-electron chi connectivity index (χ1n) is 5.96. The van der Waals surface area contributed by atoms with Crippen molar-refractivity contribution in [1.29, 1.82) is 0 Å². The van der Waals surface area contributed by atoms with Crippen molar-refractivity contribution in [1.82, 2.24) is 10.2 Å². The number of thioether (sulfide) groups is 1. The van der Waals surface area contributed by atoms with Gasteiger partial charge in [-0.2, -0.15) is 0 Å². The van der Waals surface area contributed by atoms with Gasteiger partial charge in [0.15, 0.2) is 0 Å². The molecule has 0 bridgehead atoms. The van der Waals surface area contributed by atoms with Crippen molar-refractivity contribution >= 4 is 39.5 Å². The largest absolute Gasteiger partial charge is 0.348 e. The molecule has 2 rings (SSSR count). The van der Waals surface area contributed by atoms with E-state index in [0.717, 1.165) is 10.0 Å². The first-order valence-corrected chi connectivity index (χ1v) is 7.91. The SMILES string of the molecule is CC(NC(=O)CN1CSCC1=O)c1ccc(Br)cc1. The van der Waals surface area contributed by atoms with Gasteiger partial charge in [0.25, 0.3) is 0 Å². The number of halogens is 1. The molecule has 0 spiro atoms. The zero-order valence-electron chi connectivity index (χ0n) is 10.6. The highest BCUT2D eigenvalue weighted by atomic mass is 79.9. The summed E-state index contributed by atoms with van der Waals surface area (Å²) in [6.07, 6.45) is 0. The molecule has 1 fully saturated rings. The van der Waals surface area contributed by atoms with Crippen LogP contribution in [0, 0.1) is 0 Å². The Morgan fingerprint density at radius 3 is 2.74 bits per heavy atom. The Hall–Kier alpha value is -1.01. The Labute approximate surface area is 125 Å². The predicted molar refractivity (Wildman–Crippen MR) is 79.7 cm³/mol. The molecule has 0 radical (unpaired) electrons. The van der Waals surface area contributed by atoms with E-state index < -0.39 is 0 Å². The lowest BCUT2D eigenvalue weighted by Gasteiger charge is -2.18. The molecule has 1 aliphatic heterocycles. The van der Waals surface area contributed by atoms with Crippen LogP contribution in [0.3, 0.4) is 0 Å². The lowest BCUT2D eigenvalue weighted by Crippen LogP contribution is -2.39. The van der Waals surface area contributed by atoms with Crippen LogP contribution in [-0.4, -0.2) is 34.9 Å². The predicted octanol–water partition coefficient (Wildman–Crippen LogP) is 2.16. The molecule has 1 atom stereocenters. The molecule has 6 heteroatoms. The van der Waals surface area contributed by atoms with Crippen molar-refractivity contribution in [3.05, 3.63) is 34.3 Å². The quantitative estimate of drug-likeness (QED) is 0.912. The monoisotopic (exact) mass is 342 g/mol. The van der Waals surface area contributed by atoms with Gasteiger partial charge in [0.1, 0.15) is 6.54 Å². The van der Waals surface area contributed by atoms with Crippen molar-refractivity contribution in [3.63, 3.8) is 0 Å². The van der Waals surface area contributed by atoms with Crippen LogP contribution in [0.25, 0.3) is 0 Å². The van der Waals surface area contributed by atoms with Gasteiger partial charge in [-0.15, -0.1) is 11.8 Å². The minimum absolute atomic E-state index is 0.0384. The van der Waals surface area contributed by atoms with E-state index >= 15 is 0 Å². The Kier molecular flexibility index (Phi) is 4.87. The van der Waals surface area contributed by atoms with Crippen molar-refractivity contribution < 1.29 is 9.59 Å². The van der Waals surface area contributed by atoms with E-state index in [1.54, 1.807) is 16.7 Å². The third-order valence-corrected chi connectivity index (χ3v) is 4.38. The van der Waals surface area contributed by atoms with E-state index in [-0.39, 0.29) is 24.4 Å². The first-order chi connectivity index (χ1) is 9.06. The minimum atomic E-state index is -0.119. The maximum Gasteiger partial charge on any atom is 0.240 e. The highest BCUT2D eigenvalue weighted by Gasteiger charge is 2.23. The van der Waals surface area contributed by atoms with Crippen LogP contribution in [0.2, 0.25) is 0 Å². The van der Waals surface area contributed by atoms with Crippen molar-refractivity contribution in [3.8, 4) is 0 Å². The minimum Gasteiger partial charge on any atom is -0.348 e. The van der Waals surface area contributed by atoms with Gasteiger partial charge in [0, 0.05) is 4.47 Å². The molecule has 2 amide bonds. The number of nitrogens with one attached hydrogen (secondary N) is 1. The molecule has 102 valence electrons. The molecule has 1 aromatic rings. The Bertz CT molecular complexity index is 478. The van der Waals surface area contributed by atoms with E-state index in [4.69, 9.17) is 0 Å². The summed E-state index contributed by atoms with van der Waals surface area (Å²) < 4.78 is 1.01. The summed E-state index contributed by atoms with van der Waals surface area (Å²) in [4.78, 5) is 24.9. The van der Waals surface area contributed by atoms with Crippen LogP contribution in [0.1, 0.15) is 18.5 Å². The zero-order chi connectivity index (χ0) is 13.8. The number of benzene rings is 1. The molecule has 0 aromatic heterocycles. The summed E-state index contributed by atoms with van der Waals surface area (Å²) in [6, 6.07) is 7.75. The van der Waals surface area contributed by atoms with Crippen LogP contribution in [0.4, 0.5) is 0 Å². The second kappa shape index (κ2) is 6.43. The van der Waals surface area contributed by atoms with Crippen molar-refractivity contribution in [2.24, 2.45) is 0 Å². The standard InChI is InChI=1S/C13H15BrN2O2S/c1-9(10-2-4-11(14)5-3-10)15-12(17)6-16-8-19-7-13(16)18/h2-5,9H,6-8H2,1H3,(H,15,17). The molecule has 4 nitrogen and oxygen atoms in total. The normalized spacial score (nSPS) is 16.5. The summed E-state index contributed by atoms with van der Waals surface area (Å²) in [5.74, 6) is 1.01. The number of carbonyl (C=O) groups is 2. The van der Waals surface area contributed by atoms with Crippen LogP contribution < -0.4 is 5.32 Å². The van der Waals surface area contributed by atoms with Crippen LogP contribution in [0.15, 0.2) is 28.7 Å². The molecule has 1 saturated heterocycles. The van der Waals surface area contributed by atoms with Gasteiger partial charge < -0.3 is 10.2 Å². The Morgan fingerprint density at radius 2 is 2.16 bits per heavy atom. The highest BCUT2D eigenvalue weighted by molar-refractivity contribution is 9.10. The highest BCUT2D eigenvalue weighted by Crippen LogP contribution is 2.17. The second-order valence-corrected chi connectivity index (χ2v) is 6.28. The average Bonchev–Trinajstić information content (AvgIpc) is 2.75. The number of hydrogen-bond acceptors (Lipinski definition) is 3. The molecular formula is C13H15BrN2O2S. The number of hydrogen-bond donors (Lipinski definition) is 1. The number of rotatable bonds is 4. The zero-order valence-corrected chi connectivity index (χ0v) is 13.0. The lowest BCUT2D eigenvalue weighted by molar-refractivity contribution is -0.132. The smallest absolute Gasteiger partial charge is 0.240 e. The molecule has 1 unspecified atom stereocenters. The number of amides is 2. The molecule has 1 heterocycles. The molecule has 0 aliphatic carbocycles. The Morgan fingerprint density at radius 1 is 1.47 bits per heavy atom. The summed E-state index contributed by atoms with van der Waals surface area (Å²) >= 11 is 4.92. The fourth-order valence-corrected chi connectivity index (χ4v) is 3.00. The summed E-state index contributed by atoms with van der Waals surface area (Å²) in [7, 11) is 0. The molecule has 1 aliphatic rings. The summed E-state index contributed by atoms with van der Waals surface area (Å²) in [5, 5.41) is 2.91. The maximum atomic E-state index is 11.9. The van der Waals surface area contributed by atoms with Crippen LogP contribution in [0.5, 0.6) is 0 Å². The van der Waals surface area contributed by atoms with E-state index in [1.165, 1.54) is 0 Å². The van der Waals surface area contributed by atoms with Gasteiger partial charge >= 0.3 is 0 Å². The van der Waals surface area contributed by atoms with Gasteiger partial charge in [0.2, 0.25) is 11.8 Å². The topological polar surface area (TPSA) is 49.4 Å². The van der Waals surface area contributed by atoms with Gasteiger partial charge in [-0.3, -0.25) is 9.59 Å². The van der Waals surface area contributed by atoms with Crippen LogP contribution >= 0.6 is 27.7 Å². The number of nitrogens with zero attached hydrogens (tertiary/aromatic N) is 1. The molecule has 19 heavy (non-hydrogen) atoms.